The summed E-state index contributed by atoms with van der Waals surface area (Å²) in [7, 11) is 1.91. The molecule has 0 radical (unpaired) electrons. The molecule has 0 aromatic heterocycles. The van der Waals surface area contributed by atoms with Gasteiger partial charge in [-0.3, -0.25) is 4.79 Å². The molecule has 3 nitrogen and oxygen atoms in total. The third-order valence-corrected chi connectivity index (χ3v) is 5.23. The molecule has 2 aliphatic carbocycles. The minimum absolute atomic E-state index is 0.0530. The summed E-state index contributed by atoms with van der Waals surface area (Å²) in [5.74, 6) is 0.642. The van der Waals surface area contributed by atoms with Crippen LogP contribution in [0.3, 0.4) is 0 Å². The van der Waals surface area contributed by atoms with Crippen LogP contribution in [0.15, 0.2) is 24.3 Å². The van der Waals surface area contributed by atoms with Gasteiger partial charge in [0.05, 0.1) is 6.61 Å². The maximum absolute atomic E-state index is 12.6. The lowest BCUT2D eigenvalue weighted by molar-refractivity contribution is -0.154. The van der Waals surface area contributed by atoms with Crippen LogP contribution in [0.1, 0.15) is 30.9 Å². The Bertz CT molecular complexity index is 478. The van der Waals surface area contributed by atoms with Crippen molar-refractivity contribution in [2.75, 3.05) is 13.7 Å². The molecule has 1 aromatic carbocycles. The fourth-order valence-electron chi connectivity index (χ4n) is 4.30. The first-order valence-corrected chi connectivity index (χ1v) is 7.65. The van der Waals surface area contributed by atoms with Gasteiger partial charge in [-0.25, -0.2) is 0 Å². The van der Waals surface area contributed by atoms with Crippen molar-refractivity contribution in [3.63, 3.8) is 0 Å². The van der Waals surface area contributed by atoms with Crippen molar-refractivity contribution in [3.05, 3.63) is 35.4 Å². The molecule has 1 N–H and O–H groups in total. The lowest BCUT2D eigenvalue weighted by Crippen LogP contribution is -2.58. The van der Waals surface area contributed by atoms with E-state index in [1.54, 1.807) is 0 Å². The Morgan fingerprint density at radius 1 is 1.25 bits per heavy atom. The Hall–Kier alpha value is -1.35. The topological polar surface area (TPSA) is 38.3 Å². The van der Waals surface area contributed by atoms with Crippen molar-refractivity contribution < 1.29 is 9.53 Å². The predicted octanol–water partition coefficient (Wildman–Crippen LogP) is 2.33. The molecule has 20 heavy (non-hydrogen) atoms. The average Bonchev–Trinajstić information content (AvgIpc) is 2.71. The normalized spacial score (nSPS) is 31.5. The van der Waals surface area contributed by atoms with Crippen LogP contribution in [0.25, 0.3) is 0 Å². The van der Waals surface area contributed by atoms with Crippen molar-refractivity contribution in [1.29, 1.82) is 0 Å². The third kappa shape index (κ3) is 1.87. The minimum Gasteiger partial charge on any atom is -0.465 e. The Labute approximate surface area is 120 Å². The molecule has 2 unspecified atom stereocenters. The molecule has 2 atom stereocenters. The molecule has 1 saturated carbocycles. The first-order valence-electron chi connectivity index (χ1n) is 7.65. The fraction of sp³-hybridized carbons (Fsp3) is 0.588. The quantitative estimate of drug-likeness (QED) is 0.859. The summed E-state index contributed by atoms with van der Waals surface area (Å²) in [6.07, 6.45) is 4.18. The predicted molar refractivity (Wildman–Crippen MR) is 78.5 cm³/mol. The summed E-state index contributed by atoms with van der Waals surface area (Å²) in [5.41, 5.74) is 2.32. The number of hydrogen-bond donors (Lipinski definition) is 1. The minimum atomic E-state index is -0.491. The smallest absolute Gasteiger partial charge is 0.326 e. The van der Waals surface area contributed by atoms with Gasteiger partial charge >= 0.3 is 5.97 Å². The molecule has 0 saturated heterocycles. The summed E-state index contributed by atoms with van der Waals surface area (Å²) in [6, 6.07) is 8.62. The van der Waals surface area contributed by atoms with E-state index in [0.717, 1.165) is 25.7 Å². The van der Waals surface area contributed by atoms with Gasteiger partial charge in [0.1, 0.15) is 5.54 Å². The number of fused-ring (bicyclic) bond motifs is 3. The van der Waals surface area contributed by atoms with Gasteiger partial charge in [0, 0.05) is 0 Å². The van der Waals surface area contributed by atoms with Crippen LogP contribution in [-0.2, 0) is 22.4 Å². The number of hydrogen-bond acceptors (Lipinski definition) is 3. The van der Waals surface area contributed by atoms with Gasteiger partial charge in [0.15, 0.2) is 0 Å². The number of benzene rings is 1. The van der Waals surface area contributed by atoms with E-state index in [2.05, 4.69) is 29.6 Å². The first kappa shape index (κ1) is 13.6. The van der Waals surface area contributed by atoms with Crippen LogP contribution in [0, 0.1) is 11.8 Å². The summed E-state index contributed by atoms with van der Waals surface area (Å²) >= 11 is 0. The van der Waals surface area contributed by atoms with Crippen molar-refractivity contribution in [1.82, 2.24) is 5.32 Å². The third-order valence-electron chi connectivity index (χ3n) is 5.23. The number of likely N-dealkylation sites (N-methyl/N-ethyl adjacent to an activating group) is 1. The summed E-state index contributed by atoms with van der Waals surface area (Å²) in [6.45, 7) is 2.34. The number of esters is 1. The van der Waals surface area contributed by atoms with Gasteiger partial charge in [-0.1, -0.05) is 24.3 Å². The number of nitrogens with one attached hydrogen (secondary N) is 1. The second-order valence-electron chi connectivity index (χ2n) is 5.99. The van der Waals surface area contributed by atoms with Gasteiger partial charge < -0.3 is 10.1 Å². The number of carbonyl (C=O) groups excluding carboxylic acids is 1. The van der Waals surface area contributed by atoms with E-state index in [9.17, 15) is 4.79 Å². The molecule has 0 amide bonds. The van der Waals surface area contributed by atoms with Crippen molar-refractivity contribution in [3.8, 4) is 0 Å². The Morgan fingerprint density at radius 3 is 2.25 bits per heavy atom. The number of carbonyl (C=O) groups is 1. The Morgan fingerprint density at radius 2 is 1.80 bits per heavy atom. The SMILES string of the molecule is CCOC(=O)C1(NC)C2CCC1Cc1ccccc1C2. The molecule has 108 valence electrons. The highest BCUT2D eigenvalue weighted by atomic mass is 16.5. The Kier molecular flexibility index (Phi) is 3.55. The van der Waals surface area contributed by atoms with E-state index in [4.69, 9.17) is 4.74 Å². The van der Waals surface area contributed by atoms with Crippen molar-refractivity contribution >= 4 is 5.97 Å². The van der Waals surface area contributed by atoms with E-state index < -0.39 is 5.54 Å². The summed E-state index contributed by atoms with van der Waals surface area (Å²) in [4.78, 5) is 12.6. The van der Waals surface area contributed by atoms with Gasteiger partial charge in [-0.05, 0) is 62.6 Å². The van der Waals surface area contributed by atoms with Crippen LogP contribution in [0.2, 0.25) is 0 Å². The molecular formula is C17H23NO2. The highest BCUT2D eigenvalue weighted by molar-refractivity contribution is 5.82. The summed E-state index contributed by atoms with van der Waals surface area (Å²) < 4.78 is 5.41. The molecule has 0 aliphatic heterocycles. The highest BCUT2D eigenvalue weighted by Gasteiger charge is 2.56. The molecule has 0 heterocycles. The second kappa shape index (κ2) is 5.21. The van der Waals surface area contributed by atoms with Crippen molar-refractivity contribution in [2.45, 2.75) is 38.1 Å². The molecule has 1 aromatic rings. The van der Waals surface area contributed by atoms with Crippen LogP contribution in [-0.4, -0.2) is 25.2 Å². The van der Waals surface area contributed by atoms with E-state index >= 15 is 0 Å². The molecule has 2 bridgehead atoms. The van der Waals surface area contributed by atoms with Gasteiger partial charge in [-0.15, -0.1) is 0 Å². The number of ether oxygens (including phenoxy) is 1. The van der Waals surface area contributed by atoms with Crippen LogP contribution < -0.4 is 5.32 Å². The maximum atomic E-state index is 12.6. The van der Waals surface area contributed by atoms with Crippen LogP contribution in [0.4, 0.5) is 0 Å². The molecule has 1 fully saturated rings. The van der Waals surface area contributed by atoms with Gasteiger partial charge in [0.25, 0.3) is 0 Å². The molecule has 2 aliphatic rings. The largest absolute Gasteiger partial charge is 0.465 e. The lowest BCUT2D eigenvalue weighted by Gasteiger charge is -2.36. The first-order chi connectivity index (χ1) is 9.72. The monoisotopic (exact) mass is 273 g/mol. The molecule has 3 rings (SSSR count). The highest BCUT2D eigenvalue weighted by Crippen LogP contribution is 2.47. The summed E-state index contributed by atoms with van der Waals surface area (Å²) in [5, 5.41) is 3.36. The van der Waals surface area contributed by atoms with Crippen LogP contribution >= 0.6 is 0 Å². The zero-order valence-corrected chi connectivity index (χ0v) is 12.3. The lowest BCUT2D eigenvalue weighted by atomic mass is 9.79. The zero-order chi connectivity index (χ0) is 14.2. The molecule has 0 spiro atoms. The van der Waals surface area contributed by atoms with Crippen LogP contribution in [0.5, 0.6) is 0 Å². The Balaban J connectivity index is 2.00. The van der Waals surface area contributed by atoms with Gasteiger partial charge in [-0.2, -0.15) is 0 Å². The second-order valence-corrected chi connectivity index (χ2v) is 5.99. The van der Waals surface area contributed by atoms with Gasteiger partial charge in [0.2, 0.25) is 0 Å². The number of rotatable bonds is 3. The van der Waals surface area contributed by atoms with E-state index in [1.165, 1.54) is 11.1 Å². The van der Waals surface area contributed by atoms with E-state index in [1.807, 2.05) is 14.0 Å². The zero-order valence-electron chi connectivity index (χ0n) is 12.3. The van der Waals surface area contributed by atoms with E-state index in [-0.39, 0.29) is 5.97 Å². The average molecular weight is 273 g/mol. The molecule has 3 heteroatoms. The van der Waals surface area contributed by atoms with E-state index in [0.29, 0.717) is 18.4 Å². The van der Waals surface area contributed by atoms with Crippen molar-refractivity contribution in [2.24, 2.45) is 11.8 Å². The fourth-order valence-corrected chi connectivity index (χ4v) is 4.30. The maximum Gasteiger partial charge on any atom is 0.326 e. The molecular weight excluding hydrogens is 250 g/mol. The standard InChI is InChI=1S/C17H23NO2/c1-3-20-16(19)17(18-2)14-8-9-15(17)11-13-7-5-4-6-12(13)10-14/h4-7,14-15,18H,3,8-11H2,1-2H3.